The summed E-state index contributed by atoms with van der Waals surface area (Å²) in [5.41, 5.74) is 3.05. The third-order valence-electron chi connectivity index (χ3n) is 6.40. The van der Waals surface area contributed by atoms with Crippen LogP contribution in [0.3, 0.4) is 0 Å². The molecule has 0 radical (unpaired) electrons. The number of benzene rings is 2. The van der Waals surface area contributed by atoms with E-state index in [1.165, 1.54) is 11.8 Å². The van der Waals surface area contributed by atoms with E-state index in [9.17, 15) is 10.1 Å². The molecule has 0 unspecified atom stereocenters. The number of rotatable bonds is 6. The molecule has 170 valence electrons. The molecule has 8 nitrogen and oxygen atoms in total. The number of hydrogen-bond donors (Lipinski definition) is 1. The largest absolute Gasteiger partial charge is 0.486 e. The highest BCUT2D eigenvalue weighted by molar-refractivity contribution is 5.76. The van der Waals surface area contributed by atoms with Crippen LogP contribution in [0.1, 0.15) is 24.0 Å². The number of piperidine rings is 1. The summed E-state index contributed by atoms with van der Waals surface area (Å²) in [4.78, 5) is 19.0. The summed E-state index contributed by atoms with van der Waals surface area (Å²) in [6, 6.07) is 14.0. The predicted molar refractivity (Wildman–Crippen MR) is 124 cm³/mol. The van der Waals surface area contributed by atoms with Crippen molar-refractivity contribution in [3.05, 3.63) is 64.1 Å². The topological polar surface area (TPSA) is 92.4 Å². The zero-order valence-electron chi connectivity index (χ0n) is 18.5. The van der Waals surface area contributed by atoms with E-state index in [-0.39, 0.29) is 5.56 Å². The Hall–Kier alpha value is -3.41. The van der Waals surface area contributed by atoms with Crippen molar-refractivity contribution in [2.24, 2.45) is 0 Å². The molecular formula is C25H27N5O3. The number of aromatic nitrogens is 2. The third kappa shape index (κ3) is 4.85. The molecule has 0 atom stereocenters. The number of likely N-dealkylation sites (tertiary alicyclic amines) is 1. The second-order valence-electron chi connectivity index (χ2n) is 8.54. The first-order chi connectivity index (χ1) is 16.2. The van der Waals surface area contributed by atoms with Gasteiger partial charge >= 0.3 is 0 Å². The van der Waals surface area contributed by atoms with E-state index >= 15 is 0 Å². The van der Waals surface area contributed by atoms with Crippen molar-refractivity contribution >= 4 is 11.0 Å². The maximum atomic E-state index is 12.4. The number of nitrogens with zero attached hydrogens (tertiary/aromatic N) is 4. The highest BCUT2D eigenvalue weighted by atomic mass is 16.6. The molecule has 1 fully saturated rings. The van der Waals surface area contributed by atoms with Gasteiger partial charge in [-0.3, -0.25) is 4.79 Å². The molecule has 33 heavy (non-hydrogen) atoms. The minimum absolute atomic E-state index is 0.131. The molecule has 1 saturated heterocycles. The second kappa shape index (κ2) is 9.61. The Morgan fingerprint density at radius 1 is 1.06 bits per heavy atom. The Kier molecular flexibility index (Phi) is 6.24. The number of nitriles is 1. The highest BCUT2D eigenvalue weighted by Gasteiger charge is 2.19. The smallest absolute Gasteiger partial charge is 0.269 e. The van der Waals surface area contributed by atoms with Gasteiger partial charge in [0.1, 0.15) is 13.2 Å². The van der Waals surface area contributed by atoms with E-state index in [0.717, 1.165) is 61.6 Å². The van der Waals surface area contributed by atoms with Crippen LogP contribution in [0.25, 0.3) is 11.0 Å². The van der Waals surface area contributed by atoms with Crippen molar-refractivity contribution in [2.45, 2.75) is 32.0 Å². The monoisotopic (exact) mass is 445 g/mol. The summed E-state index contributed by atoms with van der Waals surface area (Å²) in [5.74, 6) is 1.65. The summed E-state index contributed by atoms with van der Waals surface area (Å²) in [6.45, 7) is 5.37. The number of nitrogens with one attached hydrogen (secondary N) is 1. The van der Waals surface area contributed by atoms with Gasteiger partial charge in [0.05, 0.1) is 28.9 Å². The Morgan fingerprint density at radius 3 is 2.70 bits per heavy atom. The standard InChI is InChI=1S/C25H27N5O3/c26-15-18-1-3-21-22(13-18)30(25(31)17-28-21)10-9-29-7-5-20(6-8-29)27-16-19-2-4-23-24(14-19)33-12-11-32-23/h1-4,13-14,17,20,27H,5-12,16H2. The number of hydrogen-bond acceptors (Lipinski definition) is 7. The lowest BCUT2D eigenvalue weighted by Gasteiger charge is -2.32. The Morgan fingerprint density at radius 2 is 1.88 bits per heavy atom. The Labute approximate surface area is 192 Å². The molecule has 5 rings (SSSR count). The fraction of sp³-hybridized carbons (Fsp3) is 0.400. The van der Waals surface area contributed by atoms with Gasteiger partial charge in [0.2, 0.25) is 0 Å². The molecule has 0 spiro atoms. The van der Waals surface area contributed by atoms with Crippen LogP contribution in [0.4, 0.5) is 0 Å². The van der Waals surface area contributed by atoms with Crippen LogP contribution >= 0.6 is 0 Å². The first-order valence-corrected chi connectivity index (χ1v) is 11.4. The molecule has 0 aliphatic carbocycles. The van der Waals surface area contributed by atoms with Gasteiger partial charge in [-0.15, -0.1) is 0 Å². The summed E-state index contributed by atoms with van der Waals surface area (Å²) >= 11 is 0. The van der Waals surface area contributed by atoms with Gasteiger partial charge in [-0.1, -0.05) is 6.07 Å². The maximum absolute atomic E-state index is 12.4. The fourth-order valence-electron chi connectivity index (χ4n) is 4.52. The van der Waals surface area contributed by atoms with Crippen molar-refractivity contribution in [2.75, 3.05) is 32.8 Å². The molecule has 3 aromatic rings. The zero-order valence-corrected chi connectivity index (χ0v) is 18.5. The quantitative estimate of drug-likeness (QED) is 0.622. The minimum Gasteiger partial charge on any atom is -0.486 e. The van der Waals surface area contributed by atoms with Gasteiger partial charge in [-0.05, 0) is 61.8 Å². The first kappa shape index (κ1) is 21.4. The first-order valence-electron chi connectivity index (χ1n) is 11.4. The van der Waals surface area contributed by atoms with E-state index < -0.39 is 0 Å². The van der Waals surface area contributed by atoms with Crippen LogP contribution in [0.5, 0.6) is 11.5 Å². The third-order valence-corrected chi connectivity index (χ3v) is 6.40. The van der Waals surface area contributed by atoms with Crippen LogP contribution < -0.4 is 20.3 Å². The summed E-state index contributed by atoms with van der Waals surface area (Å²) < 4.78 is 13.0. The molecule has 1 aromatic heterocycles. The molecule has 0 amide bonds. The Bertz CT molecular complexity index is 1240. The fourth-order valence-corrected chi connectivity index (χ4v) is 4.52. The van der Waals surface area contributed by atoms with Crippen molar-refractivity contribution in [3.63, 3.8) is 0 Å². The zero-order chi connectivity index (χ0) is 22.6. The molecule has 2 aromatic carbocycles. The van der Waals surface area contributed by atoms with Crippen molar-refractivity contribution in [1.29, 1.82) is 5.26 Å². The highest BCUT2D eigenvalue weighted by Crippen LogP contribution is 2.30. The van der Waals surface area contributed by atoms with Crippen LogP contribution in [-0.2, 0) is 13.1 Å². The van der Waals surface area contributed by atoms with Crippen molar-refractivity contribution in [1.82, 2.24) is 19.8 Å². The molecule has 8 heteroatoms. The lowest BCUT2D eigenvalue weighted by atomic mass is 10.0. The minimum atomic E-state index is -0.131. The second-order valence-corrected chi connectivity index (χ2v) is 8.54. The normalized spacial score (nSPS) is 16.6. The van der Waals surface area contributed by atoms with E-state index in [4.69, 9.17) is 9.47 Å². The van der Waals surface area contributed by atoms with Crippen molar-refractivity contribution in [3.8, 4) is 17.6 Å². The van der Waals surface area contributed by atoms with Crippen LogP contribution in [0, 0.1) is 11.3 Å². The van der Waals surface area contributed by atoms with Gasteiger partial charge in [0.15, 0.2) is 11.5 Å². The summed E-state index contributed by atoms with van der Waals surface area (Å²) in [6.07, 6.45) is 3.49. The van der Waals surface area contributed by atoms with Crippen LogP contribution in [0.15, 0.2) is 47.4 Å². The molecule has 2 aliphatic rings. The molecule has 2 aliphatic heterocycles. The van der Waals surface area contributed by atoms with E-state index in [0.29, 0.717) is 31.4 Å². The lowest BCUT2D eigenvalue weighted by Crippen LogP contribution is -2.43. The molecular weight excluding hydrogens is 418 g/mol. The predicted octanol–water partition coefficient (Wildman–Crippen LogP) is 2.29. The van der Waals surface area contributed by atoms with Gasteiger partial charge in [-0.25, -0.2) is 4.98 Å². The van der Waals surface area contributed by atoms with Gasteiger partial charge in [-0.2, -0.15) is 5.26 Å². The number of ether oxygens (including phenoxy) is 2. The molecule has 3 heterocycles. The SMILES string of the molecule is N#Cc1ccc2ncc(=O)n(CCN3CCC(NCc4ccc5c(c4)OCCO5)CC3)c2c1. The average Bonchev–Trinajstić information content (AvgIpc) is 2.87. The lowest BCUT2D eigenvalue weighted by molar-refractivity contribution is 0.171. The van der Waals surface area contributed by atoms with E-state index in [1.807, 2.05) is 6.07 Å². The number of fused-ring (bicyclic) bond motifs is 2. The van der Waals surface area contributed by atoms with Gasteiger partial charge in [0, 0.05) is 25.7 Å². The summed E-state index contributed by atoms with van der Waals surface area (Å²) in [7, 11) is 0. The van der Waals surface area contributed by atoms with Gasteiger partial charge < -0.3 is 24.3 Å². The van der Waals surface area contributed by atoms with E-state index in [1.54, 1.807) is 22.8 Å². The Balaban J connectivity index is 1.14. The average molecular weight is 446 g/mol. The molecule has 0 bridgehead atoms. The van der Waals surface area contributed by atoms with Gasteiger partial charge in [0.25, 0.3) is 5.56 Å². The summed E-state index contributed by atoms with van der Waals surface area (Å²) in [5, 5.41) is 12.9. The van der Waals surface area contributed by atoms with Crippen LogP contribution in [0.2, 0.25) is 0 Å². The maximum Gasteiger partial charge on any atom is 0.269 e. The molecule has 0 saturated carbocycles. The van der Waals surface area contributed by atoms with Crippen LogP contribution in [-0.4, -0.2) is 53.3 Å². The van der Waals surface area contributed by atoms with E-state index in [2.05, 4.69) is 33.4 Å². The molecule has 1 N–H and O–H groups in total. The van der Waals surface area contributed by atoms with Crippen molar-refractivity contribution < 1.29 is 9.47 Å².